The number of hydrogen-bond donors (Lipinski definition) is 0. The van der Waals surface area contributed by atoms with E-state index in [-0.39, 0.29) is 11.9 Å². The monoisotopic (exact) mass is 523 g/mol. The number of anilines is 1. The maximum Gasteiger partial charge on any atom is 0.278 e. The Hall–Kier alpha value is -3.91. The van der Waals surface area contributed by atoms with Crippen LogP contribution in [-0.2, 0) is 9.53 Å². The van der Waals surface area contributed by atoms with Crippen molar-refractivity contribution in [2.45, 2.75) is 6.92 Å². The summed E-state index contributed by atoms with van der Waals surface area (Å²) in [5, 5.41) is 0.649. The minimum Gasteiger partial charge on any atom is -0.379 e. The lowest BCUT2D eigenvalue weighted by Crippen LogP contribution is -2.45. The molecule has 8 heteroatoms. The van der Waals surface area contributed by atoms with Gasteiger partial charge in [0.2, 0.25) is 0 Å². The summed E-state index contributed by atoms with van der Waals surface area (Å²) in [6, 6.07) is 25.3. The summed E-state index contributed by atoms with van der Waals surface area (Å²) in [4.78, 5) is 32.0. The van der Waals surface area contributed by atoms with Gasteiger partial charge in [-0.15, -0.1) is 0 Å². The van der Waals surface area contributed by atoms with Crippen LogP contribution in [-0.4, -0.2) is 59.5 Å². The molecular weight excluding hydrogens is 498 g/mol. The molecule has 190 valence electrons. The van der Waals surface area contributed by atoms with E-state index in [9.17, 15) is 4.79 Å². The normalized spacial score (nSPS) is 16.7. The number of amides is 1. The van der Waals surface area contributed by atoms with E-state index in [1.54, 1.807) is 4.90 Å². The van der Waals surface area contributed by atoms with Gasteiger partial charge < -0.3 is 4.74 Å². The van der Waals surface area contributed by atoms with E-state index in [2.05, 4.69) is 4.90 Å². The van der Waals surface area contributed by atoms with Crippen molar-refractivity contribution < 1.29 is 9.53 Å². The van der Waals surface area contributed by atoms with Crippen LogP contribution < -0.4 is 4.90 Å². The van der Waals surface area contributed by atoms with E-state index < -0.39 is 0 Å². The molecule has 0 aliphatic carbocycles. The van der Waals surface area contributed by atoms with Crippen LogP contribution in [0.5, 0.6) is 0 Å². The first-order chi connectivity index (χ1) is 18.5. The second kappa shape index (κ2) is 10.5. The third kappa shape index (κ3) is 4.96. The molecule has 7 nitrogen and oxygen atoms in total. The van der Waals surface area contributed by atoms with Crippen LogP contribution in [0.4, 0.5) is 11.6 Å². The number of hydrogen-bond acceptors (Lipinski definition) is 6. The number of halogens is 1. The number of benzene rings is 3. The minimum atomic E-state index is -0.157. The molecule has 38 heavy (non-hydrogen) atoms. The van der Waals surface area contributed by atoms with Crippen LogP contribution in [0.1, 0.15) is 11.1 Å². The lowest BCUT2D eigenvalue weighted by atomic mass is 10.1. The van der Waals surface area contributed by atoms with E-state index in [4.69, 9.17) is 31.3 Å². The molecule has 2 aliphatic heterocycles. The number of ether oxygens (including phenoxy) is 1. The second-order valence-electron chi connectivity index (χ2n) is 9.39. The fourth-order valence-electron chi connectivity index (χ4n) is 4.68. The van der Waals surface area contributed by atoms with Crippen molar-refractivity contribution in [3.8, 4) is 22.5 Å². The van der Waals surface area contributed by atoms with Crippen LogP contribution in [0.2, 0.25) is 5.02 Å². The molecule has 1 amide bonds. The van der Waals surface area contributed by atoms with Crippen molar-refractivity contribution in [2.75, 3.05) is 37.9 Å². The van der Waals surface area contributed by atoms with E-state index in [1.807, 2.05) is 85.8 Å². The van der Waals surface area contributed by atoms with Gasteiger partial charge in [0.05, 0.1) is 37.0 Å². The highest BCUT2D eigenvalue weighted by molar-refractivity contribution is 6.54. The van der Waals surface area contributed by atoms with E-state index in [0.717, 1.165) is 46.7 Å². The molecule has 0 saturated carbocycles. The summed E-state index contributed by atoms with van der Waals surface area (Å²) in [6.07, 6.45) is 0. The Labute approximate surface area is 226 Å². The molecule has 0 N–H and O–H groups in total. The summed E-state index contributed by atoms with van der Waals surface area (Å²) < 4.78 is 5.48. The number of rotatable bonds is 5. The number of aryl methyl sites for hydroxylation is 1. The average molecular weight is 524 g/mol. The van der Waals surface area contributed by atoms with Gasteiger partial charge in [-0.25, -0.2) is 15.0 Å². The van der Waals surface area contributed by atoms with Gasteiger partial charge in [-0.1, -0.05) is 71.8 Å². The minimum absolute atomic E-state index is 0.157. The summed E-state index contributed by atoms with van der Waals surface area (Å²) >= 11 is 6.13. The Bertz CT molecular complexity index is 1450. The predicted octanol–water partition coefficient (Wildman–Crippen LogP) is 5.53. The lowest BCUT2D eigenvalue weighted by Gasteiger charge is -2.30. The molecule has 3 aromatic carbocycles. The molecule has 0 bridgehead atoms. The van der Waals surface area contributed by atoms with Crippen LogP contribution >= 0.6 is 11.6 Å². The molecule has 0 unspecified atom stereocenters. The molecule has 4 aromatic rings. The van der Waals surface area contributed by atoms with Gasteiger partial charge in [-0.2, -0.15) is 0 Å². The Morgan fingerprint density at radius 3 is 2.21 bits per heavy atom. The fraction of sp³-hybridized carbons (Fsp3) is 0.200. The molecule has 2 aliphatic rings. The fourth-order valence-corrected chi connectivity index (χ4v) is 4.80. The molecule has 3 heterocycles. The smallest absolute Gasteiger partial charge is 0.278 e. The number of aromatic nitrogens is 2. The first kappa shape index (κ1) is 24.4. The van der Waals surface area contributed by atoms with Crippen molar-refractivity contribution in [1.82, 2.24) is 14.9 Å². The highest BCUT2D eigenvalue weighted by atomic mass is 35.5. The maximum absolute atomic E-state index is 13.7. The van der Waals surface area contributed by atoms with Gasteiger partial charge in [0.25, 0.3) is 11.9 Å². The Balaban J connectivity index is 1.43. The third-order valence-electron chi connectivity index (χ3n) is 6.76. The standard InChI is InChI=1S/C30H26ClN5O2/c1-20-6-8-21(9-7-20)25-18-26(22-10-12-23(31)13-11-22)33-30(32-25)34-28-24-4-2-3-5-27(24)36(29(28)37)19-35-14-16-38-17-15-35/h2-13,18H,14-17,19H2,1H3. The first-order valence-electron chi connectivity index (χ1n) is 12.6. The SMILES string of the molecule is Cc1ccc(-c2cc(-c3ccc(Cl)cc3)nc(N=C3C(=O)N(CN4CCOCC4)c4ccccc43)n2)cc1. The largest absolute Gasteiger partial charge is 0.379 e. The molecule has 0 spiro atoms. The van der Waals surface area contributed by atoms with Gasteiger partial charge in [-0.05, 0) is 31.2 Å². The summed E-state index contributed by atoms with van der Waals surface area (Å²) in [5.41, 5.74) is 6.40. The van der Waals surface area contributed by atoms with E-state index in [1.165, 1.54) is 0 Å². The lowest BCUT2D eigenvalue weighted by molar-refractivity contribution is -0.112. The molecule has 0 radical (unpaired) electrons. The number of morpholine rings is 1. The number of aliphatic imine (C=N–C) groups is 1. The molecule has 6 rings (SSSR count). The van der Waals surface area contributed by atoms with Crippen molar-refractivity contribution in [3.63, 3.8) is 0 Å². The molecule has 1 saturated heterocycles. The number of nitrogens with zero attached hydrogens (tertiary/aromatic N) is 5. The van der Waals surface area contributed by atoms with Crippen LogP contribution in [0.25, 0.3) is 22.5 Å². The Morgan fingerprint density at radius 1 is 0.895 bits per heavy atom. The van der Waals surface area contributed by atoms with Gasteiger partial charge in [0.1, 0.15) is 5.71 Å². The average Bonchev–Trinajstić information content (AvgIpc) is 3.20. The molecule has 1 fully saturated rings. The second-order valence-corrected chi connectivity index (χ2v) is 9.83. The quantitative estimate of drug-likeness (QED) is 0.344. The topological polar surface area (TPSA) is 70.9 Å². The zero-order chi connectivity index (χ0) is 26.1. The maximum atomic E-state index is 13.7. The van der Waals surface area contributed by atoms with Crippen LogP contribution in [0, 0.1) is 6.92 Å². The van der Waals surface area contributed by atoms with Crippen LogP contribution in [0.3, 0.4) is 0 Å². The summed E-state index contributed by atoms with van der Waals surface area (Å²) in [7, 11) is 0. The highest BCUT2D eigenvalue weighted by Gasteiger charge is 2.35. The highest BCUT2D eigenvalue weighted by Crippen LogP contribution is 2.32. The predicted molar refractivity (Wildman–Crippen MR) is 150 cm³/mol. The number of fused-ring (bicyclic) bond motifs is 1. The Kier molecular flexibility index (Phi) is 6.72. The van der Waals surface area contributed by atoms with Gasteiger partial charge in [0, 0.05) is 34.8 Å². The summed E-state index contributed by atoms with van der Waals surface area (Å²) in [5.74, 6) is 0.0782. The van der Waals surface area contributed by atoms with Crippen LogP contribution in [0.15, 0.2) is 83.9 Å². The van der Waals surface area contributed by atoms with Gasteiger partial charge in [0.15, 0.2) is 0 Å². The van der Waals surface area contributed by atoms with Crippen molar-refractivity contribution in [2.24, 2.45) is 4.99 Å². The first-order valence-corrected chi connectivity index (χ1v) is 12.9. The zero-order valence-electron chi connectivity index (χ0n) is 21.0. The molecule has 1 aromatic heterocycles. The van der Waals surface area contributed by atoms with Crippen molar-refractivity contribution in [3.05, 3.63) is 95.0 Å². The van der Waals surface area contributed by atoms with Crippen molar-refractivity contribution >= 4 is 34.9 Å². The zero-order valence-corrected chi connectivity index (χ0v) is 21.7. The third-order valence-corrected chi connectivity index (χ3v) is 7.01. The number of para-hydroxylation sites is 1. The van der Waals surface area contributed by atoms with E-state index in [0.29, 0.717) is 36.3 Å². The molecular formula is C30H26ClN5O2. The van der Waals surface area contributed by atoms with Gasteiger partial charge in [-0.3, -0.25) is 14.6 Å². The number of carbonyl (C=O) groups excluding carboxylic acids is 1. The van der Waals surface area contributed by atoms with Crippen molar-refractivity contribution in [1.29, 1.82) is 0 Å². The number of carbonyl (C=O) groups is 1. The van der Waals surface area contributed by atoms with Gasteiger partial charge >= 0.3 is 0 Å². The van der Waals surface area contributed by atoms with E-state index >= 15 is 0 Å². The molecule has 0 atom stereocenters. The summed E-state index contributed by atoms with van der Waals surface area (Å²) in [6.45, 7) is 5.43. The Morgan fingerprint density at radius 2 is 1.53 bits per heavy atom.